The zero-order valence-corrected chi connectivity index (χ0v) is 3.64. The Morgan fingerprint density at radius 2 is 2.80 bits per heavy atom. The van der Waals surface area contributed by atoms with E-state index >= 15 is 0 Å². The summed E-state index contributed by atoms with van der Waals surface area (Å²) in [5.41, 5.74) is 0. The first kappa shape index (κ1) is 3.46. The van der Waals surface area contributed by atoms with Crippen LogP contribution < -0.4 is 10.0 Å². The summed E-state index contributed by atoms with van der Waals surface area (Å²) in [5, 5.41) is 3.07. The molecule has 1 aliphatic heterocycles. The van der Waals surface area contributed by atoms with Crippen LogP contribution in [0.2, 0.25) is 0 Å². The number of rotatable bonds is 0. The lowest BCUT2D eigenvalue weighted by atomic mass is 11.1. The van der Waals surface area contributed by atoms with Crippen molar-refractivity contribution in [1.82, 2.24) is 10.0 Å². The SMILES string of the molecule is C1NCSN1.[H+]. The molecule has 0 spiro atoms. The normalized spacial score (nSPS) is 24.0. The zero-order valence-electron chi connectivity index (χ0n) is 3.82. The Balaban J connectivity index is 0.000000250. The van der Waals surface area contributed by atoms with Crippen LogP contribution in [0.25, 0.3) is 0 Å². The molecule has 0 saturated carbocycles. The molecule has 2 nitrogen and oxygen atoms in total. The van der Waals surface area contributed by atoms with Gasteiger partial charge in [-0.25, -0.2) is 4.72 Å². The van der Waals surface area contributed by atoms with Gasteiger partial charge in [-0.05, 0) is 0 Å². The molecule has 3 heteroatoms. The molecule has 0 aliphatic carbocycles. The maximum absolute atomic E-state index is 3.07. The Bertz CT molecular complexity index is 23.1. The second-order valence-electron chi connectivity index (χ2n) is 0.860. The summed E-state index contributed by atoms with van der Waals surface area (Å²) in [4.78, 5) is 0. The van der Waals surface area contributed by atoms with Gasteiger partial charge in [0.25, 0.3) is 0 Å². The molecule has 0 bridgehead atoms. The van der Waals surface area contributed by atoms with E-state index in [1.165, 1.54) is 0 Å². The molecule has 0 atom stereocenters. The van der Waals surface area contributed by atoms with Crippen molar-refractivity contribution in [3.8, 4) is 0 Å². The second kappa shape index (κ2) is 1.64. The van der Waals surface area contributed by atoms with E-state index in [1.807, 2.05) is 0 Å². The monoisotopic (exact) mass is 91.0 g/mol. The van der Waals surface area contributed by atoms with Gasteiger partial charge < -0.3 is 0 Å². The molecule has 1 fully saturated rings. The lowest BCUT2D eigenvalue weighted by molar-refractivity contribution is 0.819. The van der Waals surface area contributed by atoms with Gasteiger partial charge in [0.2, 0.25) is 0 Å². The van der Waals surface area contributed by atoms with Crippen LogP contribution in [-0.2, 0) is 0 Å². The van der Waals surface area contributed by atoms with E-state index in [-0.39, 0.29) is 1.43 Å². The Morgan fingerprint density at radius 1 is 1.80 bits per heavy atom. The summed E-state index contributed by atoms with van der Waals surface area (Å²) in [6, 6.07) is 0. The van der Waals surface area contributed by atoms with Gasteiger partial charge in [0, 0.05) is 0 Å². The van der Waals surface area contributed by atoms with E-state index in [2.05, 4.69) is 10.0 Å². The molecule has 0 amide bonds. The summed E-state index contributed by atoms with van der Waals surface area (Å²) in [6.07, 6.45) is 0. The molecular weight excluding hydrogens is 84.1 g/mol. The van der Waals surface area contributed by atoms with Gasteiger partial charge in [0.1, 0.15) is 0 Å². The molecule has 1 heterocycles. The quantitative estimate of drug-likeness (QED) is 0.406. The van der Waals surface area contributed by atoms with Crippen molar-refractivity contribution >= 4 is 11.9 Å². The predicted octanol–water partition coefficient (Wildman–Crippen LogP) is -0.145. The van der Waals surface area contributed by atoms with Gasteiger partial charge in [0.15, 0.2) is 0 Å². The zero-order chi connectivity index (χ0) is 3.54. The molecule has 1 saturated heterocycles. The molecule has 0 aromatic rings. The lowest BCUT2D eigenvalue weighted by Gasteiger charge is -1.75. The molecule has 1 aliphatic rings. The molecular formula is C2H7N2S+. The molecule has 30 valence electrons. The van der Waals surface area contributed by atoms with Crippen LogP contribution in [0.3, 0.4) is 0 Å². The molecule has 0 radical (unpaired) electrons. The topological polar surface area (TPSA) is 24.1 Å². The average molecular weight is 91.2 g/mol. The second-order valence-corrected chi connectivity index (χ2v) is 1.73. The highest BCUT2D eigenvalue weighted by atomic mass is 32.2. The van der Waals surface area contributed by atoms with Gasteiger partial charge in [-0.15, -0.1) is 0 Å². The first-order valence-corrected chi connectivity index (χ1v) is 2.54. The summed E-state index contributed by atoms with van der Waals surface area (Å²) in [5.74, 6) is 1.06. The van der Waals surface area contributed by atoms with Crippen molar-refractivity contribution in [2.24, 2.45) is 0 Å². The van der Waals surface area contributed by atoms with Crippen LogP contribution in [-0.4, -0.2) is 12.5 Å². The molecule has 0 aromatic heterocycles. The van der Waals surface area contributed by atoms with E-state index in [4.69, 9.17) is 0 Å². The van der Waals surface area contributed by atoms with Gasteiger partial charge >= 0.3 is 1.43 Å². The Hall–Kier alpha value is 0.270. The van der Waals surface area contributed by atoms with Crippen molar-refractivity contribution in [2.45, 2.75) is 0 Å². The predicted molar refractivity (Wildman–Crippen MR) is 24.7 cm³/mol. The maximum Gasteiger partial charge on any atom is 1.00 e. The summed E-state index contributed by atoms with van der Waals surface area (Å²) in [7, 11) is 0. The largest absolute Gasteiger partial charge is 1.00 e. The summed E-state index contributed by atoms with van der Waals surface area (Å²) in [6.45, 7) is 0.963. The molecule has 5 heavy (non-hydrogen) atoms. The van der Waals surface area contributed by atoms with E-state index in [9.17, 15) is 0 Å². The van der Waals surface area contributed by atoms with E-state index in [1.54, 1.807) is 11.9 Å². The summed E-state index contributed by atoms with van der Waals surface area (Å²) < 4.78 is 3.03. The fourth-order valence-electron chi connectivity index (χ4n) is 0.255. The van der Waals surface area contributed by atoms with Crippen LogP contribution in [0.15, 0.2) is 0 Å². The van der Waals surface area contributed by atoms with Crippen LogP contribution in [0.1, 0.15) is 1.43 Å². The third kappa shape index (κ3) is 0.792. The van der Waals surface area contributed by atoms with Gasteiger partial charge in [-0.1, -0.05) is 11.9 Å². The Labute approximate surface area is 36.9 Å². The fourth-order valence-corrected chi connectivity index (χ4v) is 0.765. The minimum absolute atomic E-state index is 0. The minimum Gasteiger partial charge on any atom is -0.294 e. The lowest BCUT2D eigenvalue weighted by Crippen LogP contribution is -2.10. The minimum atomic E-state index is 0. The summed E-state index contributed by atoms with van der Waals surface area (Å²) >= 11 is 1.71. The Kier molecular flexibility index (Phi) is 1.14. The smallest absolute Gasteiger partial charge is 0.294 e. The van der Waals surface area contributed by atoms with Crippen LogP contribution in [0, 0.1) is 0 Å². The standard InChI is InChI=1S/C2H6N2S/c1-3-2-5-4-1/h3-4H,1-2H2/p+1. The van der Waals surface area contributed by atoms with E-state index in [0.717, 1.165) is 12.5 Å². The number of hydrogen-bond donors (Lipinski definition) is 2. The van der Waals surface area contributed by atoms with Gasteiger partial charge in [0.05, 0.1) is 12.5 Å². The Morgan fingerprint density at radius 3 is 3.00 bits per heavy atom. The van der Waals surface area contributed by atoms with Crippen molar-refractivity contribution < 1.29 is 1.43 Å². The maximum atomic E-state index is 3.07. The highest BCUT2D eigenvalue weighted by Crippen LogP contribution is 1.90. The number of hydrogen-bond acceptors (Lipinski definition) is 3. The van der Waals surface area contributed by atoms with Crippen molar-refractivity contribution in [2.75, 3.05) is 12.5 Å². The third-order valence-electron chi connectivity index (χ3n) is 0.473. The molecule has 1 rings (SSSR count). The average Bonchev–Trinajstić information content (AvgIpc) is 1.76. The number of nitrogens with one attached hydrogen (secondary N) is 2. The van der Waals surface area contributed by atoms with Crippen molar-refractivity contribution in [3.63, 3.8) is 0 Å². The van der Waals surface area contributed by atoms with Crippen LogP contribution in [0.4, 0.5) is 0 Å². The van der Waals surface area contributed by atoms with E-state index in [0.29, 0.717) is 0 Å². The molecule has 0 aromatic carbocycles. The van der Waals surface area contributed by atoms with Crippen LogP contribution in [0.5, 0.6) is 0 Å². The molecule has 2 N–H and O–H groups in total. The molecule has 0 unspecified atom stereocenters. The highest BCUT2D eigenvalue weighted by molar-refractivity contribution is 7.97. The first-order chi connectivity index (χ1) is 2.50. The first-order valence-electron chi connectivity index (χ1n) is 1.55. The van der Waals surface area contributed by atoms with E-state index < -0.39 is 0 Å². The third-order valence-corrected chi connectivity index (χ3v) is 1.17. The van der Waals surface area contributed by atoms with Crippen molar-refractivity contribution in [1.29, 1.82) is 0 Å². The van der Waals surface area contributed by atoms with Gasteiger partial charge in [-0.3, -0.25) is 5.32 Å². The van der Waals surface area contributed by atoms with Crippen molar-refractivity contribution in [3.05, 3.63) is 0 Å². The highest BCUT2D eigenvalue weighted by Gasteiger charge is 1.91. The van der Waals surface area contributed by atoms with Crippen LogP contribution >= 0.6 is 11.9 Å². The van der Waals surface area contributed by atoms with Gasteiger partial charge in [-0.2, -0.15) is 0 Å². The fraction of sp³-hybridized carbons (Fsp3) is 1.00.